The number of sulfonamides is 1. The summed E-state index contributed by atoms with van der Waals surface area (Å²) in [6, 6.07) is 16.1. The van der Waals surface area contributed by atoms with Crippen molar-refractivity contribution < 1.29 is 22.7 Å². The van der Waals surface area contributed by atoms with Crippen LogP contribution in [0.2, 0.25) is 15.1 Å². The van der Waals surface area contributed by atoms with Crippen LogP contribution in [0.4, 0.5) is 5.69 Å². The van der Waals surface area contributed by atoms with E-state index in [9.17, 15) is 18.0 Å². The van der Waals surface area contributed by atoms with Crippen molar-refractivity contribution in [2.24, 2.45) is 0 Å². The summed E-state index contributed by atoms with van der Waals surface area (Å²) in [6.45, 7) is 1.04. The molecule has 0 aliphatic carbocycles. The number of amides is 2. The van der Waals surface area contributed by atoms with Crippen LogP contribution in [-0.2, 0) is 26.2 Å². The summed E-state index contributed by atoms with van der Waals surface area (Å²) < 4.78 is 34.1. The second-order valence-electron chi connectivity index (χ2n) is 8.44. The van der Waals surface area contributed by atoms with Crippen LogP contribution < -0.4 is 14.4 Å². The minimum absolute atomic E-state index is 0.0366. The monoisotopic (exact) mass is 611 g/mol. The van der Waals surface area contributed by atoms with Crippen LogP contribution in [0.1, 0.15) is 18.9 Å². The van der Waals surface area contributed by atoms with Gasteiger partial charge in [-0.1, -0.05) is 66.0 Å². The lowest BCUT2D eigenvalue weighted by atomic mass is 10.1. The van der Waals surface area contributed by atoms with Crippen molar-refractivity contribution >= 4 is 62.3 Å². The lowest BCUT2D eigenvalue weighted by Crippen LogP contribution is -2.51. The van der Waals surface area contributed by atoms with E-state index in [2.05, 4.69) is 5.32 Å². The van der Waals surface area contributed by atoms with E-state index in [0.717, 1.165) is 4.31 Å². The molecule has 0 saturated heterocycles. The molecule has 0 aliphatic rings. The largest absolute Gasteiger partial charge is 0.495 e. The minimum atomic E-state index is -4.27. The van der Waals surface area contributed by atoms with Crippen LogP contribution in [0.25, 0.3) is 0 Å². The number of rotatable bonds is 11. The van der Waals surface area contributed by atoms with E-state index in [1.54, 1.807) is 43.3 Å². The van der Waals surface area contributed by atoms with E-state index < -0.39 is 34.4 Å². The second kappa shape index (κ2) is 13.4. The highest BCUT2D eigenvalue weighted by atomic mass is 35.5. The number of hydrogen-bond acceptors (Lipinski definition) is 5. The van der Waals surface area contributed by atoms with Crippen LogP contribution in [0.5, 0.6) is 5.75 Å². The summed E-state index contributed by atoms with van der Waals surface area (Å²) in [4.78, 5) is 28.1. The molecule has 3 rings (SSSR count). The molecule has 0 aromatic heterocycles. The standard InChI is InChI=1S/C27H28Cl3N3O5S/c1-4-23(27(35)31-2)32(16-18-10-11-19(28)14-22(18)30)26(34)17-33(24-15-20(29)12-13-25(24)38-3)39(36,37)21-8-6-5-7-9-21/h5-15,23H,4,16-17H2,1-3H3,(H,31,35)/t23-/m1/s1. The highest BCUT2D eigenvalue weighted by Crippen LogP contribution is 2.35. The van der Waals surface area contributed by atoms with Gasteiger partial charge in [-0.25, -0.2) is 8.42 Å². The fraction of sp³-hybridized carbons (Fsp3) is 0.259. The molecule has 3 aromatic carbocycles. The van der Waals surface area contributed by atoms with E-state index in [4.69, 9.17) is 39.5 Å². The molecule has 0 radical (unpaired) electrons. The first-order valence-electron chi connectivity index (χ1n) is 11.9. The Morgan fingerprint density at radius 2 is 1.62 bits per heavy atom. The number of methoxy groups -OCH3 is 1. The first-order valence-corrected chi connectivity index (χ1v) is 14.5. The van der Waals surface area contributed by atoms with Gasteiger partial charge >= 0.3 is 0 Å². The topological polar surface area (TPSA) is 96.0 Å². The summed E-state index contributed by atoms with van der Waals surface area (Å²) in [5.41, 5.74) is 0.606. The first kappa shape index (κ1) is 30.6. The predicted molar refractivity (Wildman–Crippen MR) is 154 cm³/mol. The van der Waals surface area contributed by atoms with Crippen LogP contribution in [0.15, 0.2) is 71.6 Å². The van der Waals surface area contributed by atoms with Crippen molar-refractivity contribution in [1.29, 1.82) is 0 Å². The van der Waals surface area contributed by atoms with E-state index >= 15 is 0 Å². The number of anilines is 1. The molecule has 1 atom stereocenters. The molecule has 0 saturated carbocycles. The predicted octanol–water partition coefficient (Wildman–Crippen LogP) is 5.40. The van der Waals surface area contributed by atoms with Crippen molar-refractivity contribution in [3.63, 3.8) is 0 Å². The number of ether oxygens (including phenoxy) is 1. The molecule has 0 unspecified atom stereocenters. The molecule has 208 valence electrons. The van der Waals surface area contributed by atoms with Gasteiger partial charge < -0.3 is 15.0 Å². The quantitative estimate of drug-likeness (QED) is 0.313. The average molecular weight is 613 g/mol. The normalized spacial score (nSPS) is 11.9. The third kappa shape index (κ3) is 7.16. The molecule has 39 heavy (non-hydrogen) atoms. The Labute approximate surface area is 243 Å². The Kier molecular flexibility index (Phi) is 10.5. The first-order chi connectivity index (χ1) is 18.5. The fourth-order valence-electron chi connectivity index (χ4n) is 4.01. The molecule has 0 aliphatic heterocycles. The van der Waals surface area contributed by atoms with E-state index in [1.807, 2.05) is 0 Å². The van der Waals surface area contributed by atoms with E-state index in [0.29, 0.717) is 15.6 Å². The van der Waals surface area contributed by atoms with Crippen LogP contribution in [-0.4, -0.2) is 51.9 Å². The Balaban J connectivity index is 2.14. The third-order valence-corrected chi connectivity index (χ3v) is 8.60. The summed E-state index contributed by atoms with van der Waals surface area (Å²) in [7, 11) is -1.43. The van der Waals surface area contributed by atoms with Gasteiger partial charge in [0.1, 0.15) is 18.3 Å². The zero-order chi connectivity index (χ0) is 28.7. The van der Waals surface area contributed by atoms with Crippen molar-refractivity contribution in [2.45, 2.75) is 30.8 Å². The van der Waals surface area contributed by atoms with Gasteiger partial charge in [0.2, 0.25) is 11.8 Å². The van der Waals surface area contributed by atoms with Gasteiger partial charge in [0.05, 0.1) is 17.7 Å². The van der Waals surface area contributed by atoms with Crippen LogP contribution in [0, 0.1) is 0 Å². The molecule has 3 aromatic rings. The molecule has 0 bridgehead atoms. The molecular formula is C27H28Cl3N3O5S. The lowest BCUT2D eigenvalue weighted by molar-refractivity contribution is -0.140. The Hall–Kier alpha value is -2.98. The van der Waals surface area contributed by atoms with Gasteiger partial charge in [-0.15, -0.1) is 0 Å². The molecule has 0 fully saturated rings. The van der Waals surface area contributed by atoms with Gasteiger partial charge in [-0.05, 0) is 54.4 Å². The highest BCUT2D eigenvalue weighted by Gasteiger charge is 2.34. The zero-order valence-electron chi connectivity index (χ0n) is 21.5. The van der Waals surface area contributed by atoms with E-state index in [1.165, 1.54) is 49.4 Å². The van der Waals surface area contributed by atoms with Gasteiger partial charge in [-0.3, -0.25) is 13.9 Å². The van der Waals surface area contributed by atoms with Crippen molar-refractivity contribution in [3.05, 3.63) is 87.4 Å². The highest BCUT2D eigenvalue weighted by molar-refractivity contribution is 7.92. The van der Waals surface area contributed by atoms with Gasteiger partial charge in [-0.2, -0.15) is 0 Å². The maximum Gasteiger partial charge on any atom is 0.264 e. The average Bonchev–Trinajstić information content (AvgIpc) is 2.92. The minimum Gasteiger partial charge on any atom is -0.495 e. The molecule has 0 heterocycles. The summed E-state index contributed by atoms with van der Waals surface area (Å²) in [5.74, 6) is -0.857. The summed E-state index contributed by atoms with van der Waals surface area (Å²) in [5, 5.41) is 3.53. The Morgan fingerprint density at radius 3 is 2.21 bits per heavy atom. The SMILES string of the molecule is CC[C@H](C(=O)NC)N(Cc1ccc(Cl)cc1Cl)C(=O)CN(c1cc(Cl)ccc1OC)S(=O)(=O)c1ccccc1. The number of carbonyl (C=O) groups excluding carboxylic acids is 2. The van der Waals surface area contributed by atoms with Gasteiger partial charge in [0.15, 0.2) is 0 Å². The van der Waals surface area contributed by atoms with Crippen molar-refractivity contribution in [1.82, 2.24) is 10.2 Å². The number of benzene rings is 3. The number of carbonyl (C=O) groups is 2. The Morgan fingerprint density at radius 1 is 0.974 bits per heavy atom. The number of nitrogens with zero attached hydrogens (tertiary/aromatic N) is 2. The maximum absolute atomic E-state index is 14.0. The van der Waals surface area contributed by atoms with E-state index in [-0.39, 0.29) is 34.3 Å². The van der Waals surface area contributed by atoms with Gasteiger partial charge in [0.25, 0.3) is 10.0 Å². The number of halogens is 3. The second-order valence-corrected chi connectivity index (χ2v) is 11.6. The molecular weight excluding hydrogens is 585 g/mol. The van der Waals surface area contributed by atoms with Crippen molar-refractivity contribution in [3.8, 4) is 5.75 Å². The fourth-order valence-corrected chi connectivity index (χ4v) is 6.08. The smallest absolute Gasteiger partial charge is 0.264 e. The Bertz CT molecular complexity index is 1440. The lowest BCUT2D eigenvalue weighted by Gasteiger charge is -2.33. The van der Waals surface area contributed by atoms with Crippen molar-refractivity contribution in [2.75, 3.05) is 25.0 Å². The zero-order valence-corrected chi connectivity index (χ0v) is 24.6. The molecule has 1 N–H and O–H groups in total. The van der Waals surface area contributed by atoms with Gasteiger partial charge in [0, 0.05) is 28.7 Å². The number of hydrogen-bond donors (Lipinski definition) is 1. The number of likely N-dealkylation sites (N-methyl/N-ethyl adjacent to an activating group) is 1. The molecule has 0 spiro atoms. The third-order valence-electron chi connectivity index (χ3n) is 6.01. The summed E-state index contributed by atoms with van der Waals surface area (Å²) in [6.07, 6.45) is 0.266. The number of nitrogens with one attached hydrogen (secondary N) is 1. The summed E-state index contributed by atoms with van der Waals surface area (Å²) >= 11 is 18.7. The molecule has 2 amide bonds. The maximum atomic E-state index is 14.0. The molecule has 12 heteroatoms. The molecule has 8 nitrogen and oxygen atoms in total. The van der Waals surface area contributed by atoms with Crippen LogP contribution in [0.3, 0.4) is 0 Å². The van der Waals surface area contributed by atoms with Crippen LogP contribution >= 0.6 is 34.8 Å².